The molecule has 1 amide bonds. The van der Waals surface area contributed by atoms with Gasteiger partial charge in [-0.2, -0.15) is 0 Å². The monoisotopic (exact) mass is 301 g/mol. The van der Waals surface area contributed by atoms with E-state index in [4.69, 9.17) is 17.3 Å². The average molecular weight is 302 g/mol. The summed E-state index contributed by atoms with van der Waals surface area (Å²) in [4.78, 5) is 12.2. The zero-order chi connectivity index (χ0) is 15.2. The quantitative estimate of drug-likeness (QED) is 0.856. The summed E-state index contributed by atoms with van der Waals surface area (Å²) in [7, 11) is 0. The van der Waals surface area contributed by atoms with Gasteiger partial charge in [-0.1, -0.05) is 23.4 Å². The van der Waals surface area contributed by atoms with Crippen LogP contribution in [0.2, 0.25) is 5.02 Å². The standard InChI is InChI=1S/C16H16ClN3O/c1-2-20-11-13(17)10-15(20)16(21)19-14-7-5-12(6-8-14)4-3-9-18/h5-8,10-11H,2,9,18H2,1H3,(H,19,21). The summed E-state index contributed by atoms with van der Waals surface area (Å²) in [5.41, 5.74) is 7.43. The number of nitrogens with zero attached hydrogens (tertiary/aromatic N) is 1. The number of carbonyl (C=O) groups excluding carboxylic acids is 1. The molecule has 5 heteroatoms. The summed E-state index contributed by atoms with van der Waals surface area (Å²) in [5, 5.41) is 3.39. The van der Waals surface area contributed by atoms with Crippen LogP contribution in [0.4, 0.5) is 5.69 Å². The van der Waals surface area contributed by atoms with Crippen molar-refractivity contribution in [3.8, 4) is 11.8 Å². The van der Waals surface area contributed by atoms with E-state index >= 15 is 0 Å². The van der Waals surface area contributed by atoms with Gasteiger partial charge in [-0.25, -0.2) is 0 Å². The molecule has 0 radical (unpaired) electrons. The van der Waals surface area contributed by atoms with Gasteiger partial charge in [0.05, 0.1) is 11.6 Å². The molecule has 0 bridgehead atoms. The number of rotatable bonds is 3. The van der Waals surface area contributed by atoms with Gasteiger partial charge >= 0.3 is 0 Å². The predicted octanol–water partition coefficient (Wildman–Crippen LogP) is 2.72. The first-order valence-corrected chi connectivity index (χ1v) is 6.98. The fourth-order valence-corrected chi connectivity index (χ4v) is 2.13. The molecule has 0 spiro atoms. The number of halogens is 1. The first kappa shape index (κ1) is 15.2. The van der Waals surface area contributed by atoms with E-state index < -0.39 is 0 Å². The van der Waals surface area contributed by atoms with Crippen molar-refractivity contribution < 1.29 is 4.79 Å². The topological polar surface area (TPSA) is 60.0 Å². The number of nitrogens with two attached hydrogens (primary N) is 1. The number of carbonyl (C=O) groups is 1. The van der Waals surface area contributed by atoms with Crippen molar-refractivity contribution in [2.75, 3.05) is 11.9 Å². The molecule has 2 aromatic rings. The number of aryl methyl sites for hydroxylation is 1. The van der Waals surface area contributed by atoms with E-state index in [-0.39, 0.29) is 5.91 Å². The molecule has 1 heterocycles. The Morgan fingerprint density at radius 3 is 2.71 bits per heavy atom. The SMILES string of the molecule is CCn1cc(Cl)cc1C(=O)Nc1ccc(C#CCN)cc1. The first-order valence-electron chi connectivity index (χ1n) is 6.60. The van der Waals surface area contributed by atoms with Gasteiger partial charge in [0.25, 0.3) is 5.91 Å². The van der Waals surface area contributed by atoms with Gasteiger partial charge in [0.2, 0.25) is 0 Å². The molecule has 0 unspecified atom stereocenters. The maximum Gasteiger partial charge on any atom is 0.272 e. The Hall–Kier alpha value is -2.22. The molecule has 1 aromatic carbocycles. The van der Waals surface area contributed by atoms with Crippen molar-refractivity contribution in [3.05, 3.63) is 52.8 Å². The lowest BCUT2D eigenvalue weighted by Crippen LogP contribution is -2.16. The van der Waals surface area contributed by atoms with Crippen molar-refractivity contribution in [1.29, 1.82) is 0 Å². The van der Waals surface area contributed by atoms with Crippen molar-refractivity contribution in [3.63, 3.8) is 0 Å². The fraction of sp³-hybridized carbons (Fsp3) is 0.188. The molecular weight excluding hydrogens is 286 g/mol. The summed E-state index contributed by atoms with van der Waals surface area (Å²) >= 11 is 5.93. The van der Waals surface area contributed by atoms with Crippen LogP contribution in [0.15, 0.2) is 36.5 Å². The Labute approximate surface area is 128 Å². The predicted molar refractivity (Wildman–Crippen MR) is 85.4 cm³/mol. The normalized spacial score (nSPS) is 9.86. The minimum Gasteiger partial charge on any atom is -0.342 e. The smallest absolute Gasteiger partial charge is 0.272 e. The van der Waals surface area contributed by atoms with E-state index in [0.717, 1.165) is 5.56 Å². The molecule has 0 aliphatic heterocycles. The Morgan fingerprint density at radius 1 is 1.38 bits per heavy atom. The van der Waals surface area contributed by atoms with Crippen LogP contribution in [-0.2, 0) is 6.54 Å². The molecule has 0 atom stereocenters. The van der Waals surface area contributed by atoms with Crippen molar-refractivity contribution in [2.45, 2.75) is 13.5 Å². The van der Waals surface area contributed by atoms with Gasteiger partial charge in [-0.05, 0) is 37.3 Å². The Balaban J connectivity index is 2.12. The third-order valence-corrected chi connectivity index (χ3v) is 3.12. The maximum absolute atomic E-state index is 12.2. The number of benzene rings is 1. The lowest BCUT2D eigenvalue weighted by molar-refractivity contribution is 0.101. The van der Waals surface area contributed by atoms with Gasteiger partial charge in [-0.3, -0.25) is 4.79 Å². The number of hydrogen-bond acceptors (Lipinski definition) is 2. The molecule has 4 nitrogen and oxygen atoms in total. The minimum absolute atomic E-state index is 0.190. The van der Waals surface area contributed by atoms with Crippen LogP contribution in [0, 0.1) is 11.8 Å². The Morgan fingerprint density at radius 2 is 2.10 bits per heavy atom. The minimum atomic E-state index is -0.190. The van der Waals surface area contributed by atoms with Crippen LogP contribution in [0.1, 0.15) is 23.0 Å². The van der Waals surface area contributed by atoms with E-state index in [9.17, 15) is 4.79 Å². The van der Waals surface area contributed by atoms with E-state index in [1.165, 1.54) is 0 Å². The van der Waals surface area contributed by atoms with Crippen LogP contribution < -0.4 is 11.1 Å². The molecule has 1 aromatic heterocycles. The molecule has 0 saturated heterocycles. The second-order valence-electron chi connectivity index (χ2n) is 4.37. The molecular formula is C16H16ClN3O. The third kappa shape index (κ3) is 3.88. The highest BCUT2D eigenvalue weighted by atomic mass is 35.5. The average Bonchev–Trinajstić information content (AvgIpc) is 2.88. The highest BCUT2D eigenvalue weighted by molar-refractivity contribution is 6.31. The second-order valence-corrected chi connectivity index (χ2v) is 4.80. The number of nitrogens with one attached hydrogen (secondary N) is 1. The van der Waals surface area contributed by atoms with Crippen molar-refractivity contribution >= 4 is 23.2 Å². The number of aromatic nitrogens is 1. The van der Waals surface area contributed by atoms with Crippen LogP contribution in [0.3, 0.4) is 0 Å². The molecule has 108 valence electrons. The Bertz CT molecular complexity index is 693. The lowest BCUT2D eigenvalue weighted by atomic mass is 10.2. The van der Waals surface area contributed by atoms with Crippen molar-refractivity contribution in [1.82, 2.24) is 4.57 Å². The summed E-state index contributed by atoms with van der Waals surface area (Å²) in [6, 6.07) is 8.94. The van der Waals surface area contributed by atoms with Crippen LogP contribution in [0.5, 0.6) is 0 Å². The van der Waals surface area contributed by atoms with Gasteiger partial charge in [0.15, 0.2) is 0 Å². The number of hydrogen-bond donors (Lipinski definition) is 2. The van der Waals surface area contributed by atoms with Crippen LogP contribution in [-0.4, -0.2) is 17.0 Å². The van der Waals surface area contributed by atoms with Gasteiger partial charge in [-0.15, -0.1) is 0 Å². The van der Waals surface area contributed by atoms with E-state index in [0.29, 0.717) is 29.5 Å². The lowest BCUT2D eigenvalue weighted by Gasteiger charge is -2.07. The molecule has 21 heavy (non-hydrogen) atoms. The highest BCUT2D eigenvalue weighted by Gasteiger charge is 2.12. The largest absolute Gasteiger partial charge is 0.342 e. The molecule has 3 N–H and O–H groups in total. The summed E-state index contributed by atoms with van der Waals surface area (Å²) in [5.74, 6) is 5.52. The molecule has 0 aliphatic carbocycles. The van der Waals surface area contributed by atoms with Crippen molar-refractivity contribution in [2.24, 2.45) is 5.73 Å². The maximum atomic E-state index is 12.2. The zero-order valence-corrected chi connectivity index (χ0v) is 12.4. The summed E-state index contributed by atoms with van der Waals surface area (Å²) < 4.78 is 1.80. The molecule has 2 rings (SSSR count). The Kier molecular flexibility index (Phi) is 5.04. The van der Waals surface area contributed by atoms with E-state index in [1.807, 2.05) is 19.1 Å². The highest BCUT2D eigenvalue weighted by Crippen LogP contribution is 2.16. The molecule has 0 aliphatic rings. The van der Waals surface area contributed by atoms with Gasteiger partial charge in [0.1, 0.15) is 5.69 Å². The number of anilines is 1. The van der Waals surface area contributed by atoms with Gasteiger partial charge in [0, 0.05) is 24.0 Å². The van der Waals surface area contributed by atoms with Crippen LogP contribution >= 0.6 is 11.6 Å². The fourth-order valence-electron chi connectivity index (χ4n) is 1.91. The molecule has 0 fully saturated rings. The summed E-state index contributed by atoms with van der Waals surface area (Å²) in [6.07, 6.45) is 1.74. The zero-order valence-electron chi connectivity index (χ0n) is 11.7. The molecule has 0 saturated carbocycles. The third-order valence-electron chi connectivity index (χ3n) is 2.91. The van der Waals surface area contributed by atoms with Gasteiger partial charge < -0.3 is 15.6 Å². The second kappa shape index (κ2) is 6.98. The van der Waals surface area contributed by atoms with E-state index in [2.05, 4.69) is 17.2 Å². The number of amides is 1. The first-order chi connectivity index (χ1) is 10.1. The summed E-state index contributed by atoms with van der Waals surface area (Å²) in [6.45, 7) is 2.97. The van der Waals surface area contributed by atoms with Crippen LogP contribution in [0.25, 0.3) is 0 Å². The van der Waals surface area contributed by atoms with E-state index in [1.54, 1.807) is 29.0 Å².